The van der Waals surface area contributed by atoms with Gasteiger partial charge in [-0.2, -0.15) is 5.26 Å². The first-order chi connectivity index (χ1) is 7.31. The molecule has 0 fully saturated rings. The smallest absolute Gasteiger partial charge is 0.142 e. The van der Waals surface area contributed by atoms with E-state index in [2.05, 4.69) is 24.1 Å². The van der Waals surface area contributed by atoms with Gasteiger partial charge in [0, 0.05) is 13.5 Å². The van der Waals surface area contributed by atoms with E-state index in [0.29, 0.717) is 6.42 Å². The second-order valence-electron chi connectivity index (χ2n) is 3.73. The number of nitrogens with zero attached hydrogens (tertiary/aromatic N) is 2. The van der Waals surface area contributed by atoms with Gasteiger partial charge in [-0.3, -0.25) is 0 Å². The van der Waals surface area contributed by atoms with Gasteiger partial charge in [-0.25, -0.2) is 0 Å². The minimum atomic E-state index is 0.573. The molecule has 0 aliphatic carbocycles. The molecule has 78 valence electrons. The van der Waals surface area contributed by atoms with Gasteiger partial charge in [0.15, 0.2) is 0 Å². The van der Waals surface area contributed by atoms with Gasteiger partial charge < -0.3 is 9.64 Å². The molecule has 1 aliphatic heterocycles. The molecule has 1 aliphatic rings. The van der Waals surface area contributed by atoms with Crippen LogP contribution in [0, 0.1) is 11.3 Å². The van der Waals surface area contributed by atoms with E-state index in [0.717, 1.165) is 31.0 Å². The maximum Gasteiger partial charge on any atom is 0.142 e. The molecule has 0 saturated carbocycles. The monoisotopic (exact) mass is 202 g/mol. The molecule has 0 atom stereocenters. The van der Waals surface area contributed by atoms with Crippen LogP contribution in [0.25, 0.3) is 0 Å². The minimum absolute atomic E-state index is 0.573. The number of aryl methyl sites for hydroxylation is 1. The highest BCUT2D eigenvalue weighted by Crippen LogP contribution is 2.31. The molecular weight excluding hydrogens is 188 g/mol. The van der Waals surface area contributed by atoms with E-state index >= 15 is 0 Å². The van der Waals surface area contributed by atoms with Gasteiger partial charge in [-0.1, -0.05) is 6.07 Å². The van der Waals surface area contributed by atoms with Crippen LogP contribution < -0.4 is 9.64 Å². The van der Waals surface area contributed by atoms with Crippen LogP contribution in [0.5, 0.6) is 5.75 Å². The normalized spacial score (nSPS) is 14.0. The number of likely N-dealkylation sites (N-methyl/N-ethyl adjacent to an activating group) is 1. The first-order valence-electron chi connectivity index (χ1n) is 5.15. The summed E-state index contributed by atoms with van der Waals surface area (Å²) in [5.74, 6) is 0.949. The maximum atomic E-state index is 8.53. The number of hydrogen-bond donors (Lipinski definition) is 0. The zero-order chi connectivity index (χ0) is 10.7. The average molecular weight is 202 g/mol. The number of fused-ring (bicyclic) bond motifs is 1. The van der Waals surface area contributed by atoms with Crippen molar-refractivity contribution in [1.29, 1.82) is 5.26 Å². The first kappa shape index (κ1) is 9.85. The Labute approximate surface area is 89.9 Å². The summed E-state index contributed by atoms with van der Waals surface area (Å²) >= 11 is 0. The standard InChI is InChI=1S/C12H14N2O/c1-14-7-8-15-12-5-4-10(3-2-6-13)9-11(12)14/h4-5,9H,2-3,7-8H2,1H3. The van der Waals surface area contributed by atoms with E-state index in [1.165, 1.54) is 5.56 Å². The summed E-state index contributed by atoms with van der Waals surface area (Å²) in [6.07, 6.45) is 1.39. The third kappa shape index (κ3) is 2.04. The highest BCUT2D eigenvalue weighted by atomic mass is 16.5. The van der Waals surface area contributed by atoms with Crippen LogP contribution in [-0.2, 0) is 6.42 Å². The molecule has 3 heteroatoms. The lowest BCUT2D eigenvalue weighted by Gasteiger charge is -2.28. The number of anilines is 1. The van der Waals surface area contributed by atoms with Crippen molar-refractivity contribution in [2.45, 2.75) is 12.8 Å². The van der Waals surface area contributed by atoms with Gasteiger partial charge in [0.05, 0.1) is 18.3 Å². The molecule has 0 bridgehead atoms. The number of benzene rings is 1. The number of ether oxygens (including phenoxy) is 1. The lowest BCUT2D eigenvalue weighted by molar-refractivity contribution is 0.311. The van der Waals surface area contributed by atoms with E-state index in [1.54, 1.807) is 0 Å². The predicted molar refractivity (Wildman–Crippen MR) is 59.1 cm³/mol. The summed E-state index contributed by atoms with van der Waals surface area (Å²) in [4.78, 5) is 2.19. The second-order valence-corrected chi connectivity index (χ2v) is 3.73. The third-order valence-corrected chi connectivity index (χ3v) is 2.64. The number of hydrogen-bond acceptors (Lipinski definition) is 3. The summed E-state index contributed by atoms with van der Waals surface area (Å²) in [5, 5.41) is 8.53. The van der Waals surface area contributed by atoms with Crippen LogP contribution in [0.4, 0.5) is 5.69 Å². The Kier molecular flexibility index (Phi) is 2.77. The van der Waals surface area contributed by atoms with Gasteiger partial charge in [0.25, 0.3) is 0 Å². The van der Waals surface area contributed by atoms with E-state index < -0.39 is 0 Å². The van der Waals surface area contributed by atoms with Gasteiger partial charge >= 0.3 is 0 Å². The van der Waals surface area contributed by atoms with Gasteiger partial charge in [-0.05, 0) is 24.1 Å². The van der Waals surface area contributed by atoms with Crippen molar-refractivity contribution >= 4 is 5.69 Å². The average Bonchev–Trinajstić information content (AvgIpc) is 2.27. The molecule has 2 rings (SSSR count). The molecular formula is C12H14N2O. The maximum absolute atomic E-state index is 8.53. The van der Waals surface area contributed by atoms with Crippen molar-refractivity contribution in [1.82, 2.24) is 0 Å². The molecule has 3 nitrogen and oxygen atoms in total. The Morgan fingerprint density at radius 3 is 3.20 bits per heavy atom. The van der Waals surface area contributed by atoms with E-state index in [4.69, 9.17) is 10.00 Å². The van der Waals surface area contributed by atoms with Crippen molar-refractivity contribution in [3.05, 3.63) is 23.8 Å². The second kappa shape index (κ2) is 4.22. The molecule has 0 radical (unpaired) electrons. The molecule has 0 unspecified atom stereocenters. The van der Waals surface area contributed by atoms with Crippen molar-refractivity contribution in [3.63, 3.8) is 0 Å². The van der Waals surface area contributed by atoms with Gasteiger partial charge in [0.1, 0.15) is 12.4 Å². The topological polar surface area (TPSA) is 36.3 Å². The largest absolute Gasteiger partial charge is 0.490 e. The fraction of sp³-hybridized carbons (Fsp3) is 0.417. The molecule has 15 heavy (non-hydrogen) atoms. The zero-order valence-corrected chi connectivity index (χ0v) is 8.86. The lowest BCUT2D eigenvalue weighted by Crippen LogP contribution is -2.28. The van der Waals surface area contributed by atoms with Crippen molar-refractivity contribution in [2.75, 3.05) is 25.1 Å². The molecule has 0 N–H and O–H groups in total. The fourth-order valence-corrected chi connectivity index (χ4v) is 1.75. The van der Waals surface area contributed by atoms with Crippen LogP contribution in [0.1, 0.15) is 12.0 Å². The van der Waals surface area contributed by atoms with Gasteiger partial charge in [-0.15, -0.1) is 0 Å². The minimum Gasteiger partial charge on any atom is -0.490 e. The SMILES string of the molecule is CN1CCOc2ccc(CCC#N)cc21. The van der Waals surface area contributed by atoms with E-state index in [1.807, 2.05) is 12.1 Å². The molecule has 1 aromatic carbocycles. The van der Waals surface area contributed by atoms with Crippen molar-refractivity contribution in [3.8, 4) is 11.8 Å². The van der Waals surface area contributed by atoms with Crippen LogP contribution in [0.2, 0.25) is 0 Å². The third-order valence-electron chi connectivity index (χ3n) is 2.64. The van der Waals surface area contributed by atoms with Crippen molar-refractivity contribution in [2.24, 2.45) is 0 Å². The number of rotatable bonds is 2. The molecule has 0 saturated heterocycles. The van der Waals surface area contributed by atoms with Crippen LogP contribution in [0.15, 0.2) is 18.2 Å². The molecule has 1 heterocycles. The van der Waals surface area contributed by atoms with Crippen LogP contribution in [0.3, 0.4) is 0 Å². The summed E-state index contributed by atoms with van der Waals surface area (Å²) in [6.45, 7) is 1.68. The molecule has 1 aromatic rings. The summed E-state index contributed by atoms with van der Waals surface area (Å²) in [5.41, 5.74) is 2.34. The molecule has 0 spiro atoms. The highest BCUT2D eigenvalue weighted by molar-refractivity contribution is 5.60. The van der Waals surface area contributed by atoms with E-state index in [9.17, 15) is 0 Å². The Morgan fingerprint density at radius 1 is 1.53 bits per heavy atom. The summed E-state index contributed by atoms with van der Waals surface area (Å²) in [6, 6.07) is 8.31. The lowest BCUT2D eigenvalue weighted by atomic mass is 10.1. The Bertz CT molecular complexity index is 395. The Balaban J connectivity index is 2.24. The first-order valence-corrected chi connectivity index (χ1v) is 5.15. The highest BCUT2D eigenvalue weighted by Gasteiger charge is 2.14. The molecule has 0 aromatic heterocycles. The van der Waals surface area contributed by atoms with Gasteiger partial charge in [0.2, 0.25) is 0 Å². The van der Waals surface area contributed by atoms with Crippen LogP contribution >= 0.6 is 0 Å². The Morgan fingerprint density at radius 2 is 2.40 bits per heavy atom. The predicted octanol–water partition coefficient (Wildman–Crippen LogP) is 1.97. The van der Waals surface area contributed by atoms with E-state index in [-0.39, 0.29) is 0 Å². The quantitative estimate of drug-likeness (QED) is 0.735. The van der Waals surface area contributed by atoms with Crippen LogP contribution in [-0.4, -0.2) is 20.2 Å². The fourth-order valence-electron chi connectivity index (χ4n) is 1.75. The van der Waals surface area contributed by atoms with Crippen molar-refractivity contribution < 1.29 is 4.74 Å². The zero-order valence-electron chi connectivity index (χ0n) is 8.86. The number of nitriles is 1. The molecule has 0 amide bonds. The summed E-state index contributed by atoms with van der Waals surface area (Å²) in [7, 11) is 2.06. The summed E-state index contributed by atoms with van der Waals surface area (Å²) < 4.78 is 5.55. The Hall–Kier alpha value is -1.69.